The fraction of sp³-hybridized carbons (Fsp3) is 0.423. The van der Waals surface area contributed by atoms with Crippen LogP contribution in [-0.4, -0.2) is 59.3 Å². The summed E-state index contributed by atoms with van der Waals surface area (Å²) in [6.45, 7) is 7.61. The van der Waals surface area contributed by atoms with Gasteiger partial charge in [0, 0.05) is 12.1 Å². The van der Waals surface area contributed by atoms with Crippen LogP contribution in [0.2, 0.25) is 0 Å². The molecule has 0 amide bonds. The molecule has 0 bridgehead atoms. The van der Waals surface area contributed by atoms with Crippen molar-refractivity contribution in [1.82, 2.24) is 4.90 Å². The summed E-state index contributed by atoms with van der Waals surface area (Å²) in [5.41, 5.74) is 2.22. The predicted octanol–water partition coefficient (Wildman–Crippen LogP) is 4.85. The van der Waals surface area contributed by atoms with E-state index in [2.05, 4.69) is 20.8 Å². The number of hydrogen-bond acceptors (Lipinski definition) is 6. The van der Waals surface area contributed by atoms with Crippen molar-refractivity contribution in [2.75, 3.05) is 48.6 Å². The Bertz CT molecular complexity index is 957. The number of allylic oxidation sites excluding steroid dienone is 1. The van der Waals surface area contributed by atoms with Gasteiger partial charge in [0.25, 0.3) is 0 Å². The second-order valence-electron chi connectivity index (χ2n) is 8.73. The van der Waals surface area contributed by atoms with E-state index in [9.17, 15) is 4.79 Å². The molecule has 6 heteroatoms. The van der Waals surface area contributed by atoms with Crippen LogP contribution in [0.5, 0.6) is 23.0 Å². The highest BCUT2D eigenvalue weighted by molar-refractivity contribution is 6.09. The molecule has 0 aromatic heterocycles. The smallest absolute Gasteiger partial charge is 0.203 e. The van der Waals surface area contributed by atoms with Gasteiger partial charge in [0.2, 0.25) is 5.75 Å². The number of ketones is 1. The summed E-state index contributed by atoms with van der Waals surface area (Å²) >= 11 is 0. The van der Waals surface area contributed by atoms with E-state index in [1.165, 1.54) is 6.08 Å². The van der Waals surface area contributed by atoms with E-state index in [-0.39, 0.29) is 11.2 Å². The second-order valence-corrected chi connectivity index (χ2v) is 8.73. The number of nitrogens with zero attached hydrogens (tertiary/aromatic N) is 1. The summed E-state index contributed by atoms with van der Waals surface area (Å²) in [5.74, 6) is 1.97. The molecule has 174 valence electrons. The lowest BCUT2D eigenvalue weighted by molar-refractivity contribution is 0.104. The van der Waals surface area contributed by atoms with Crippen LogP contribution >= 0.6 is 0 Å². The van der Waals surface area contributed by atoms with Gasteiger partial charge in [-0.1, -0.05) is 26.8 Å². The maximum Gasteiger partial charge on any atom is 0.203 e. The molecule has 0 saturated heterocycles. The molecule has 0 aliphatic rings. The number of likely N-dealkylation sites (N-methyl/N-ethyl adjacent to an activating group) is 1. The zero-order valence-electron chi connectivity index (χ0n) is 20.4. The van der Waals surface area contributed by atoms with Crippen molar-refractivity contribution in [3.05, 3.63) is 53.1 Å². The zero-order valence-corrected chi connectivity index (χ0v) is 20.4. The molecular formula is C26H35NO5. The van der Waals surface area contributed by atoms with Gasteiger partial charge in [-0.2, -0.15) is 0 Å². The van der Waals surface area contributed by atoms with Crippen LogP contribution in [0.1, 0.15) is 42.3 Å². The molecule has 0 heterocycles. The van der Waals surface area contributed by atoms with Gasteiger partial charge in [0.1, 0.15) is 12.4 Å². The van der Waals surface area contributed by atoms with E-state index in [1.54, 1.807) is 33.5 Å². The van der Waals surface area contributed by atoms with Crippen molar-refractivity contribution in [2.24, 2.45) is 0 Å². The summed E-state index contributed by atoms with van der Waals surface area (Å²) < 4.78 is 22.2. The van der Waals surface area contributed by atoms with Gasteiger partial charge in [-0.05, 0) is 61.5 Å². The fourth-order valence-electron chi connectivity index (χ4n) is 3.16. The lowest BCUT2D eigenvalue weighted by Gasteiger charge is -2.21. The molecule has 0 radical (unpaired) electrons. The first kappa shape index (κ1) is 25.3. The molecule has 0 aliphatic heterocycles. The first-order chi connectivity index (χ1) is 15.1. The van der Waals surface area contributed by atoms with Crippen molar-refractivity contribution in [2.45, 2.75) is 26.2 Å². The number of hydrogen-bond donors (Lipinski definition) is 0. The van der Waals surface area contributed by atoms with Gasteiger partial charge in [-0.15, -0.1) is 0 Å². The van der Waals surface area contributed by atoms with Gasteiger partial charge in [-0.3, -0.25) is 4.79 Å². The molecule has 0 aliphatic carbocycles. The number of methoxy groups -OCH3 is 3. The van der Waals surface area contributed by atoms with E-state index >= 15 is 0 Å². The Morgan fingerprint density at radius 1 is 0.938 bits per heavy atom. The summed E-state index contributed by atoms with van der Waals surface area (Å²) in [5, 5.41) is 0. The Morgan fingerprint density at radius 2 is 1.59 bits per heavy atom. The number of rotatable bonds is 10. The van der Waals surface area contributed by atoms with E-state index in [1.807, 2.05) is 43.3 Å². The average molecular weight is 442 g/mol. The fourth-order valence-corrected chi connectivity index (χ4v) is 3.16. The zero-order chi connectivity index (χ0) is 23.9. The number of carbonyl (C=O) groups is 1. The molecule has 2 rings (SSSR count). The van der Waals surface area contributed by atoms with Gasteiger partial charge in [-0.25, -0.2) is 0 Å². The lowest BCUT2D eigenvalue weighted by Crippen LogP contribution is -2.20. The highest BCUT2D eigenvalue weighted by Crippen LogP contribution is 2.40. The minimum Gasteiger partial charge on any atom is -0.493 e. The first-order valence-corrected chi connectivity index (χ1v) is 10.6. The molecule has 0 spiro atoms. The predicted molar refractivity (Wildman–Crippen MR) is 129 cm³/mol. The maximum absolute atomic E-state index is 13.2. The summed E-state index contributed by atoms with van der Waals surface area (Å²) in [7, 11) is 8.64. The molecule has 2 aromatic rings. The maximum atomic E-state index is 13.2. The largest absolute Gasteiger partial charge is 0.493 e. The third-order valence-electron chi connectivity index (χ3n) is 5.06. The van der Waals surface area contributed by atoms with Crippen LogP contribution in [0.25, 0.3) is 6.08 Å². The summed E-state index contributed by atoms with van der Waals surface area (Å²) in [6, 6.07) is 9.42. The minimum atomic E-state index is -0.146. The van der Waals surface area contributed by atoms with Crippen molar-refractivity contribution < 1.29 is 23.7 Å². The topological polar surface area (TPSA) is 57.2 Å². The third kappa shape index (κ3) is 6.26. The molecule has 2 aromatic carbocycles. The van der Waals surface area contributed by atoms with Crippen LogP contribution in [0.15, 0.2) is 36.4 Å². The van der Waals surface area contributed by atoms with Crippen molar-refractivity contribution >= 4 is 11.9 Å². The molecule has 0 N–H and O–H groups in total. The molecule has 6 nitrogen and oxygen atoms in total. The molecule has 0 atom stereocenters. The quantitative estimate of drug-likeness (QED) is 0.388. The normalized spacial score (nSPS) is 11.7. The first-order valence-electron chi connectivity index (χ1n) is 10.6. The minimum absolute atomic E-state index is 0.0898. The Labute approximate surface area is 191 Å². The van der Waals surface area contributed by atoms with E-state index in [0.717, 1.165) is 12.1 Å². The van der Waals surface area contributed by atoms with Crippen LogP contribution in [0, 0.1) is 0 Å². The number of ether oxygens (including phenoxy) is 4. The SMILES string of the molecule is COc1ccc(C=CC(=O)c2cc(C(C)(C)C)ccc2OCCN(C)C)c(OC)c1OC. The van der Waals surface area contributed by atoms with Crippen molar-refractivity contribution in [3.63, 3.8) is 0 Å². The molecular weight excluding hydrogens is 406 g/mol. The van der Waals surface area contributed by atoms with E-state index in [4.69, 9.17) is 18.9 Å². The van der Waals surface area contributed by atoms with Crippen LogP contribution in [0.3, 0.4) is 0 Å². The van der Waals surface area contributed by atoms with Crippen LogP contribution < -0.4 is 18.9 Å². The highest BCUT2D eigenvalue weighted by atomic mass is 16.5. The summed E-state index contributed by atoms with van der Waals surface area (Å²) in [4.78, 5) is 15.3. The Hall–Kier alpha value is -2.99. The standard InChI is InChI=1S/C26H35NO5/c1-26(2,3)19-11-14-22(32-16-15-27(4)5)20(17-19)21(28)12-9-18-10-13-23(29-6)25(31-8)24(18)30-7/h9-14,17H,15-16H2,1-8H3. The molecule has 0 unspecified atom stereocenters. The molecule has 32 heavy (non-hydrogen) atoms. The van der Waals surface area contributed by atoms with Crippen LogP contribution in [0.4, 0.5) is 0 Å². The van der Waals surface area contributed by atoms with Crippen molar-refractivity contribution in [1.29, 1.82) is 0 Å². The third-order valence-corrected chi connectivity index (χ3v) is 5.06. The van der Waals surface area contributed by atoms with Gasteiger partial charge in [0.05, 0.1) is 26.9 Å². The van der Waals surface area contributed by atoms with E-state index < -0.39 is 0 Å². The average Bonchev–Trinajstić information content (AvgIpc) is 2.75. The Kier molecular flexibility index (Phi) is 8.72. The monoisotopic (exact) mass is 441 g/mol. The second kappa shape index (κ2) is 11.0. The van der Waals surface area contributed by atoms with Gasteiger partial charge in [0.15, 0.2) is 17.3 Å². The van der Waals surface area contributed by atoms with Gasteiger partial charge < -0.3 is 23.8 Å². The molecule has 0 fully saturated rings. The summed E-state index contributed by atoms with van der Waals surface area (Å²) in [6.07, 6.45) is 3.25. The Morgan fingerprint density at radius 3 is 2.16 bits per heavy atom. The highest BCUT2D eigenvalue weighted by Gasteiger charge is 2.19. The van der Waals surface area contributed by atoms with E-state index in [0.29, 0.717) is 40.7 Å². The number of carbonyl (C=O) groups excluding carboxylic acids is 1. The Balaban J connectivity index is 2.42. The van der Waals surface area contributed by atoms with Crippen molar-refractivity contribution in [3.8, 4) is 23.0 Å². The lowest BCUT2D eigenvalue weighted by atomic mass is 9.85. The number of benzene rings is 2. The molecule has 0 saturated carbocycles. The van der Waals surface area contributed by atoms with Crippen LogP contribution in [-0.2, 0) is 5.41 Å². The van der Waals surface area contributed by atoms with Gasteiger partial charge >= 0.3 is 0 Å².